The molecule has 1 atom stereocenters. The van der Waals surface area contributed by atoms with Crippen molar-refractivity contribution >= 4 is 22.8 Å². The minimum atomic E-state index is -0.793. The zero-order chi connectivity index (χ0) is 15.7. The highest BCUT2D eigenvalue weighted by Crippen LogP contribution is 2.25. The number of ether oxygens (including phenoxy) is 1. The van der Waals surface area contributed by atoms with Crippen LogP contribution in [-0.4, -0.2) is 36.0 Å². The van der Waals surface area contributed by atoms with Crippen LogP contribution < -0.4 is 0 Å². The van der Waals surface area contributed by atoms with Crippen LogP contribution in [0.3, 0.4) is 0 Å². The standard InChI is InChI=1S/C17H19NO4/c1-11-13-7-3-4-8-14(13)22-15(11)17(20)21-12(2)16(19)18-9-5-6-10-18/h3-4,7-8,12H,5-6,9-10H2,1-2H3. The number of likely N-dealkylation sites (tertiary alicyclic amines) is 1. The molecule has 1 unspecified atom stereocenters. The van der Waals surface area contributed by atoms with Gasteiger partial charge in [-0.15, -0.1) is 0 Å². The van der Waals surface area contributed by atoms with Gasteiger partial charge in [0.25, 0.3) is 5.91 Å². The monoisotopic (exact) mass is 301 g/mol. The fourth-order valence-electron chi connectivity index (χ4n) is 2.83. The molecule has 0 N–H and O–H groups in total. The van der Waals surface area contributed by atoms with Crippen LogP contribution in [0.4, 0.5) is 0 Å². The molecule has 0 radical (unpaired) electrons. The Morgan fingerprint density at radius 3 is 2.59 bits per heavy atom. The number of aryl methyl sites for hydroxylation is 1. The number of rotatable bonds is 3. The first-order chi connectivity index (χ1) is 10.6. The Balaban J connectivity index is 1.75. The summed E-state index contributed by atoms with van der Waals surface area (Å²) in [4.78, 5) is 26.2. The Labute approximate surface area is 128 Å². The summed E-state index contributed by atoms with van der Waals surface area (Å²) in [5, 5.41) is 0.882. The Kier molecular flexibility index (Phi) is 3.88. The van der Waals surface area contributed by atoms with E-state index in [1.807, 2.05) is 25.1 Å². The van der Waals surface area contributed by atoms with E-state index in [0.29, 0.717) is 5.58 Å². The van der Waals surface area contributed by atoms with Gasteiger partial charge in [-0.05, 0) is 32.8 Å². The third-order valence-electron chi connectivity index (χ3n) is 4.08. The first kappa shape index (κ1) is 14.6. The lowest BCUT2D eigenvalue weighted by molar-refractivity contribution is -0.138. The van der Waals surface area contributed by atoms with E-state index in [-0.39, 0.29) is 11.7 Å². The van der Waals surface area contributed by atoms with Gasteiger partial charge in [0.15, 0.2) is 6.10 Å². The van der Waals surface area contributed by atoms with Crippen molar-refractivity contribution in [1.29, 1.82) is 0 Å². The molecule has 116 valence electrons. The molecule has 1 saturated heterocycles. The van der Waals surface area contributed by atoms with Crippen LogP contribution >= 0.6 is 0 Å². The fourth-order valence-corrected chi connectivity index (χ4v) is 2.83. The van der Waals surface area contributed by atoms with E-state index in [1.54, 1.807) is 17.9 Å². The number of benzene rings is 1. The smallest absolute Gasteiger partial charge is 0.375 e. The summed E-state index contributed by atoms with van der Waals surface area (Å²) < 4.78 is 10.9. The number of furan rings is 1. The lowest BCUT2D eigenvalue weighted by Crippen LogP contribution is -2.38. The predicted molar refractivity (Wildman–Crippen MR) is 81.6 cm³/mol. The second-order valence-electron chi connectivity index (χ2n) is 5.63. The van der Waals surface area contributed by atoms with Gasteiger partial charge in [-0.25, -0.2) is 4.79 Å². The van der Waals surface area contributed by atoms with Gasteiger partial charge in [0.05, 0.1) is 0 Å². The van der Waals surface area contributed by atoms with Gasteiger partial charge in [0, 0.05) is 24.0 Å². The summed E-state index contributed by atoms with van der Waals surface area (Å²) in [5.41, 5.74) is 1.38. The van der Waals surface area contributed by atoms with E-state index >= 15 is 0 Å². The van der Waals surface area contributed by atoms with Gasteiger partial charge in [0.2, 0.25) is 5.76 Å². The van der Waals surface area contributed by atoms with E-state index in [2.05, 4.69) is 0 Å². The van der Waals surface area contributed by atoms with Crippen LogP contribution in [0.1, 0.15) is 35.9 Å². The Morgan fingerprint density at radius 1 is 1.23 bits per heavy atom. The van der Waals surface area contributed by atoms with Crippen molar-refractivity contribution in [3.05, 3.63) is 35.6 Å². The van der Waals surface area contributed by atoms with Gasteiger partial charge in [-0.2, -0.15) is 0 Å². The number of carbonyl (C=O) groups is 2. The highest BCUT2D eigenvalue weighted by atomic mass is 16.6. The molecular formula is C17H19NO4. The van der Waals surface area contributed by atoms with Gasteiger partial charge in [0.1, 0.15) is 5.58 Å². The van der Waals surface area contributed by atoms with E-state index in [1.165, 1.54) is 0 Å². The van der Waals surface area contributed by atoms with E-state index in [9.17, 15) is 9.59 Å². The Morgan fingerprint density at radius 2 is 1.91 bits per heavy atom. The number of carbonyl (C=O) groups excluding carboxylic acids is 2. The molecule has 2 aromatic rings. The molecule has 0 spiro atoms. The molecule has 0 bridgehead atoms. The highest BCUT2D eigenvalue weighted by Gasteiger charge is 2.28. The number of nitrogens with zero attached hydrogens (tertiary/aromatic N) is 1. The number of amides is 1. The van der Waals surface area contributed by atoms with Crippen LogP contribution in [0.5, 0.6) is 0 Å². The molecule has 22 heavy (non-hydrogen) atoms. The normalized spacial score (nSPS) is 16.0. The number of hydrogen-bond acceptors (Lipinski definition) is 4. The second-order valence-corrected chi connectivity index (χ2v) is 5.63. The van der Waals surface area contributed by atoms with Gasteiger partial charge in [-0.1, -0.05) is 18.2 Å². The van der Waals surface area contributed by atoms with Crippen molar-refractivity contribution in [3.8, 4) is 0 Å². The molecule has 1 aromatic heterocycles. The molecule has 1 aliphatic heterocycles. The van der Waals surface area contributed by atoms with Crippen LogP contribution in [0, 0.1) is 6.92 Å². The zero-order valence-electron chi connectivity index (χ0n) is 12.8. The van der Waals surface area contributed by atoms with E-state index in [0.717, 1.165) is 36.9 Å². The zero-order valence-corrected chi connectivity index (χ0v) is 12.8. The lowest BCUT2D eigenvalue weighted by Gasteiger charge is -2.20. The molecule has 2 heterocycles. The number of fused-ring (bicyclic) bond motifs is 1. The molecule has 1 aromatic carbocycles. The molecule has 0 saturated carbocycles. The van der Waals surface area contributed by atoms with Crippen LogP contribution in [0.25, 0.3) is 11.0 Å². The van der Waals surface area contributed by atoms with Crippen molar-refractivity contribution in [2.45, 2.75) is 32.8 Å². The molecular weight excluding hydrogens is 282 g/mol. The highest BCUT2D eigenvalue weighted by molar-refractivity contribution is 5.97. The maximum atomic E-state index is 12.3. The first-order valence-electron chi connectivity index (χ1n) is 7.56. The topological polar surface area (TPSA) is 59.8 Å². The molecule has 1 amide bonds. The van der Waals surface area contributed by atoms with Crippen molar-refractivity contribution in [2.24, 2.45) is 0 Å². The molecule has 0 aliphatic carbocycles. The average Bonchev–Trinajstić information content (AvgIpc) is 3.15. The molecule has 5 heteroatoms. The summed E-state index contributed by atoms with van der Waals surface area (Å²) in [6.45, 7) is 4.90. The minimum absolute atomic E-state index is 0.139. The third kappa shape index (κ3) is 2.58. The summed E-state index contributed by atoms with van der Waals surface area (Å²) in [6.07, 6.45) is 1.22. The number of hydrogen-bond donors (Lipinski definition) is 0. The van der Waals surface area contributed by atoms with E-state index < -0.39 is 12.1 Å². The largest absolute Gasteiger partial charge is 0.449 e. The Hall–Kier alpha value is -2.30. The van der Waals surface area contributed by atoms with Gasteiger partial charge < -0.3 is 14.1 Å². The maximum absolute atomic E-state index is 12.3. The molecule has 5 nitrogen and oxygen atoms in total. The predicted octanol–water partition coefficient (Wildman–Crippen LogP) is 2.91. The number of esters is 1. The van der Waals surface area contributed by atoms with Crippen LogP contribution in [0.15, 0.2) is 28.7 Å². The summed E-state index contributed by atoms with van der Waals surface area (Å²) in [5.74, 6) is -0.560. The van der Waals surface area contributed by atoms with Crippen LogP contribution in [0.2, 0.25) is 0 Å². The summed E-state index contributed by atoms with van der Waals surface area (Å²) in [7, 11) is 0. The molecule has 3 rings (SSSR count). The number of para-hydroxylation sites is 1. The van der Waals surface area contributed by atoms with Crippen LogP contribution in [-0.2, 0) is 9.53 Å². The van der Waals surface area contributed by atoms with Crippen molar-refractivity contribution in [3.63, 3.8) is 0 Å². The minimum Gasteiger partial charge on any atom is -0.449 e. The van der Waals surface area contributed by atoms with Crippen molar-refractivity contribution in [2.75, 3.05) is 13.1 Å². The summed E-state index contributed by atoms with van der Waals surface area (Å²) in [6, 6.07) is 7.43. The fraction of sp³-hybridized carbons (Fsp3) is 0.412. The SMILES string of the molecule is Cc1c(C(=O)OC(C)C(=O)N2CCCC2)oc2ccccc12. The van der Waals surface area contributed by atoms with Gasteiger partial charge in [-0.3, -0.25) is 4.79 Å². The Bertz CT molecular complexity index is 713. The average molecular weight is 301 g/mol. The second kappa shape index (κ2) is 5.83. The molecule has 1 fully saturated rings. The van der Waals surface area contributed by atoms with E-state index in [4.69, 9.17) is 9.15 Å². The summed E-state index contributed by atoms with van der Waals surface area (Å²) >= 11 is 0. The lowest BCUT2D eigenvalue weighted by atomic mass is 10.1. The van der Waals surface area contributed by atoms with Crippen molar-refractivity contribution < 1.29 is 18.7 Å². The third-order valence-corrected chi connectivity index (χ3v) is 4.08. The first-order valence-corrected chi connectivity index (χ1v) is 7.56. The quantitative estimate of drug-likeness (QED) is 0.818. The maximum Gasteiger partial charge on any atom is 0.375 e. The van der Waals surface area contributed by atoms with Crippen molar-refractivity contribution in [1.82, 2.24) is 4.90 Å². The van der Waals surface area contributed by atoms with Gasteiger partial charge >= 0.3 is 5.97 Å². The molecule has 1 aliphatic rings.